The predicted octanol–water partition coefficient (Wildman–Crippen LogP) is 24.7. The number of rotatable bonds is 10. The highest BCUT2D eigenvalue weighted by molar-refractivity contribution is 8.17. The lowest BCUT2D eigenvalue weighted by Gasteiger charge is -2.26. The standard InChI is InChI=1S/C11H22S.C9H22N2.C9H20N2.2C9H22N2.2C9H20N2.7C2H6/c1-10(2,3)8-9-12(7)11(4,5)6;2*1-8(2,3)10-7-11-9(4,5)6;4*1-8(2,3)7-10-11-9(4,5)6;7*1-2/h8-9H,7H2,1-6H3;10-11H,7H2,1-6H3;7H,1-6H3,(H,10,11);2*10-11H,7H2,1-6H3;7H2,1-6H3;7,11H,1-6H3;7*1-2H3/b9-8-;;;;;;10-7-;;;;;;;. The first-order chi connectivity index (χ1) is 40.4. The molecule has 1 atom stereocenters. The number of hydrazone groups is 1. The number of hydrogen-bond acceptors (Lipinski definition) is 11. The van der Waals surface area contributed by atoms with E-state index in [4.69, 9.17) is 0 Å². The van der Waals surface area contributed by atoms with Crippen molar-refractivity contribution < 1.29 is 0 Å². The van der Waals surface area contributed by atoms with Gasteiger partial charge < -0.3 is 10.7 Å². The Morgan fingerprint density at radius 1 is 0.359 bits per heavy atom. The van der Waals surface area contributed by atoms with Gasteiger partial charge in [0.15, 0.2) is 0 Å². The predicted molar refractivity (Wildman–Crippen MR) is 445 cm³/mol. The maximum Gasteiger partial charge on any atom is 0.0834 e. The van der Waals surface area contributed by atoms with Crippen molar-refractivity contribution in [1.82, 2.24) is 43.1 Å². The Labute approximate surface area is 590 Å². The fourth-order valence-electron chi connectivity index (χ4n) is 3.51. The first kappa shape index (κ1) is 124. The molecule has 0 fully saturated rings. The van der Waals surface area contributed by atoms with E-state index < -0.39 is 0 Å². The molecular weight excluding hydrogens is 1150 g/mol. The smallest absolute Gasteiger partial charge is 0.0834 e. The molecule has 0 heterocycles. The second-order valence-corrected chi connectivity index (χ2v) is 38.1. The van der Waals surface area contributed by atoms with Crippen LogP contribution < -0.4 is 43.1 Å². The van der Waals surface area contributed by atoms with Gasteiger partial charge in [0, 0.05) is 64.0 Å². The highest BCUT2D eigenvalue weighted by Crippen LogP contribution is 2.32. The van der Waals surface area contributed by atoms with Crippen molar-refractivity contribution in [3.63, 3.8) is 0 Å². The molecule has 0 aliphatic heterocycles. The molecule has 0 radical (unpaired) electrons. The minimum absolute atomic E-state index is 0.0226. The molecule has 92 heavy (non-hydrogen) atoms. The van der Waals surface area contributed by atoms with Crippen molar-refractivity contribution in [2.75, 3.05) is 26.3 Å². The van der Waals surface area contributed by atoms with Gasteiger partial charge in [-0.05, 0) is 199 Å². The molecule has 0 saturated carbocycles. The van der Waals surface area contributed by atoms with Crippen LogP contribution in [0, 0.1) is 27.1 Å². The summed E-state index contributed by atoms with van der Waals surface area (Å²) in [5.41, 5.74) is 18.3. The van der Waals surface area contributed by atoms with Crippen molar-refractivity contribution in [3.8, 4) is 0 Å². The average Bonchev–Trinajstić information content (AvgIpc) is 3.31. The van der Waals surface area contributed by atoms with Crippen LogP contribution in [0.2, 0.25) is 0 Å². The van der Waals surface area contributed by atoms with E-state index in [0.29, 0.717) is 15.6 Å². The summed E-state index contributed by atoms with van der Waals surface area (Å²) in [6.07, 6.45) is 5.98. The number of aliphatic imine (C=N–C) groups is 1. The van der Waals surface area contributed by atoms with E-state index in [1.54, 1.807) is 6.34 Å². The number of hydrazine groups is 2. The van der Waals surface area contributed by atoms with Gasteiger partial charge in [-0.1, -0.05) is 234 Å². The third kappa shape index (κ3) is 198. The van der Waals surface area contributed by atoms with E-state index >= 15 is 0 Å². The molecule has 0 amide bonds. The Balaban J connectivity index is -0.0000000621. The first-order valence-corrected chi connectivity index (χ1v) is 37.6. The summed E-state index contributed by atoms with van der Waals surface area (Å²) < 4.78 is 0.307. The van der Waals surface area contributed by atoms with Crippen LogP contribution in [0.1, 0.15) is 388 Å². The minimum atomic E-state index is -0.0226. The largest absolute Gasteiger partial charge is 0.372 e. The number of azo groups is 1. The zero-order chi connectivity index (χ0) is 78.7. The number of allylic oxidation sites excluding steroid dienone is 1. The summed E-state index contributed by atoms with van der Waals surface area (Å²) in [4.78, 5) is 4.31. The fourth-order valence-corrected chi connectivity index (χ4v) is 4.49. The SMILES string of the molecule is C=S(/C=C\C(C)(C)C)C(C)(C)C.CC.CC.CC.CC.CC.CC.CC.CC(C)(C)/C=N\NC(C)(C)C.CC(C)(C)CN=NC(C)(C)C.CC(C)(C)CNNC(C)(C)C.CC(C)(C)CNNC(C)(C)C.CC(C)(C)N=CNC(C)(C)C.CC(C)(C)NCNC(C)(C)C. The molecule has 572 valence electrons. The Morgan fingerprint density at radius 2 is 0.663 bits per heavy atom. The van der Waals surface area contributed by atoms with Crippen LogP contribution in [0.15, 0.2) is 31.8 Å². The molecule has 8 N–H and O–H groups in total. The van der Waals surface area contributed by atoms with Crippen LogP contribution in [0.25, 0.3) is 0 Å². The minimum Gasteiger partial charge on any atom is -0.372 e. The first-order valence-electron chi connectivity index (χ1n) is 36.1. The van der Waals surface area contributed by atoms with E-state index in [0.717, 1.165) is 26.3 Å². The van der Waals surface area contributed by atoms with Crippen molar-refractivity contribution in [1.29, 1.82) is 0 Å². The molecule has 0 aliphatic rings. The molecule has 13 heteroatoms. The van der Waals surface area contributed by atoms with Crippen molar-refractivity contribution in [3.05, 3.63) is 11.5 Å². The van der Waals surface area contributed by atoms with Gasteiger partial charge in [-0.2, -0.15) is 25.8 Å². The van der Waals surface area contributed by atoms with Gasteiger partial charge in [-0.15, -0.1) is 0 Å². The van der Waals surface area contributed by atoms with Gasteiger partial charge in [0.05, 0.1) is 24.0 Å². The second-order valence-electron chi connectivity index (χ2n) is 35.8. The zero-order valence-corrected chi connectivity index (χ0v) is 75.9. The molecule has 0 aromatic carbocycles. The topological polar surface area (TPSA) is 146 Å². The Hall–Kier alpha value is -1.74. The molecule has 0 rings (SSSR count). The lowest BCUT2D eigenvalue weighted by atomic mass is 9.97. The van der Waals surface area contributed by atoms with E-state index in [2.05, 4.69) is 372 Å². The summed E-state index contributed by atoms with van der Waals surface area (Å²) in [5, 5.41) is 24.6. The molecule has 0 spiro atoms. The fraction of sp³-hybridized carbons (Fsp3) is 0.937. The van der Waals surface area contributed by atoms with Crippen LogP contribution in [0.3, 0.4) is 0 Å². The summed E-state index contributed by atoms with van der Waals surface area (Å²) in [6, 6.07) is 0. The molecule has 0 bridgehead atoms. The monoisotopic (exact) mass is 1340 g/mol. The molecule has 12 nitrogen and oxygen atoms in total. The maximum atomic E-state index is 4.31. The van der Waals surface area contributed by atoms with Crippen molar-refractivity contribution in [2.45, 2.75) is 437 Å². The quantitative estimate of drug-likeness (QED) is 0.0270. The number of nitrogens with one attached hydrogen (secondary N) is 8. The van der Waals surface area contributed by atoms with Crippen molar-refractivity contribution >= 4 is 28.9 Å². The molecule has 1 unspecified atom stereocenters. The third-order valence-corrected chi connectivity index (χ3v) is 9.68. The summed E-state index contributed by atoms with van der Waals surface area (Å²) in [6.45, 7) is 122. The molecule has 0 saturated heterocycles. The summed E-state index contributed by atoms with van der Waals surface area (Å²) >= 11 is 0. The van der Waals surface area contributed by atoms with Crippen LogP contribution in [-0.4, -0.2) is 93.8 Å². The number of hydrogen-bond donors (Lipinski definition) is 8. The van der Waals surface area contributed by atoms with Gasteiger partial charge in [0.25, 0.3) is 0 Å². The van der Waals surface area contributed by atoms with Gasteiger partial charge in [0.2, 0.25) is 0 Å². The van der Waals surface area contributed by atoms with Crippen LogP contribution in [0.4, 0.5) is 0 Å². The highest BCUT2D eigenvalue weighted by Gasteiger charge is 2.17. The van der Waals surface area contributed by atoms with E-state index in [9.17, 15) is 0 Å². The molecule has 0 aliphatic carbocycles. The average molecular weight is 1340 g/mol. The zero-order valence-electron chi connectivity index (χ0n) is 75.0. The van der Waals surface area contributed by atoms with E-state index in [1.807, 2.05) is 103 Å². The third-order valence-electron chi connectivity index (χ3n) is 7.64. The molecular formula is C79H190N12S. The molecule has 0 aromatic heterocycles. The lowest BCUT2D eigenvalue weighted by molar-refractivity contribution is 0.292. The summed E-state index contributed by atoms with van der Waals surface area (Å²) in [7, 11) is 0.136. The van der Waals surface area contributed by atoms with Gasteiger partial charge in [0.1, 0.15) is 0 Å². The Kier molecular flexibility index (Phi) is 84.4. The summed E-state index contributed by atoms with van der Waals surface area (Å²) in [5.74, 6) is 4.15. The van der Waals surface area contributed by atoms with Gasteiger partial charge in [-0.25, -0.2) is 0 Å². The van der Waals surface area contributed by atoms with Crippen LogP contribution >= 0.6 is 10.5 Å². The van der Waals surface area contributed by atoms with E-state index in [-0.39, 0.29) is 71.0 Å². The van der Waals surface area contributed by atoms with Crippen molar-refractivity contribution in [2.24, 2.45) is 47.4 Å². The van der Waals surface area contributed by atoms with Crippen LogP contribution in [-0.2, 0) is 0 Å². The van der Waals surface area contributed by atoms with Gasteiger partial charge in [-0.3, -0.25) is 37.3 Å². The second kappa shape index (κ2) is 62.8. The van der Waals surface area contributed by atoms with Crippen LogP contribution in [0.5, 0.6) is 0 Å². The Morgan fingerprint density at radius 3 is 0.848 bits per heavy atom. The number of nitrogens with zero attached hydrogens (tertiary/aromatic N) is 4. The molecule has 0 aromatic rings. The Bertz CT molecular complexity index is 1400. The normalized spacial score (nSPS) is 12.6. The highest BCUT2D eigenvalue weighted by atomic mass is 32.2. The maximum absolute atomic E-state index is 4.31. The lowest BCUT2D eigenvalue weighted by Crippen LogP contribution is -2.48. The van der Waals surface area contributed by atoms with Gasteiger partial charge >= 0.3 is 0 Å². The van der Waals surface area contributed by atoms with E-state index in [1.165, 1.54) is 0 Å².